The Bertz CT molecular complexity index is 569. The maximum Gasteiger partial charge on any atom is 0.191 e. The minimum atomic E-state index is -0.197. The first-order valence-electron chi connectivity index (χ1n) is 9.91. The molecule has 1 aromatic carbocycles. The van der Waals surface area contributed by atoms with E-state index >= 15 is 0 Å². The van der Waals surface area contributed by atoms with E-state index in [1.165, 1.54) is 5.56 Å². The highest BCUT2D eigenvalue weighted by molar-refractivity contribution is 5.79. The third kappa shape index (κ3) is 6.70. The number of aliphatic imine (C=N–C) groups is 1. The number of benzene rings is 1. The highest BCUT2D eigenvalue weighted by Crippen LogP contribution is 2.25. The van der Waals surface area contributed by atoms with E-state index in [9.17, 15) is 0 Å². The van der Waals surface area contributed by atoms with Crippen LogP contribution in [-0.4, -0.2) is 58.6 Å². The zero-order valence-electron chi connectivity index (χ0n) is 17.2. The highest BCUT2D eigenvalue weighted by Gasteiger charge is 2.32. The molecule has 152 valence electrons. The quantitative estimate of drug-likeness (QED) is 0.512. The first-order chi connectivity index (χ1) is 13.1. The SMILES string of the molecule is CCNC(=NCC1(OC)CCOCC1)NCCC(C)c1ccc(OC)cc1. The molecule has 0 radical (unpaired) electrons. The minimum absolute atomic E-state index is 0.197. The Balaban J connectivity index is 1.85. The van der Waals surface area contributed by atoms with Gasteiger partial charge in [0, 0.05) is 46.3 Å². The summed E-state index contributed by atoms with van der Waals surface area (Å²) >= 11 is 0. The molecule has 1 aliphatic rings. The third-order valence-electron chi connectivity index (χ3n) is 5.26. The molecular weight excluding hydrogens is 342 g/mol. The smallest absolute Gasteiger partial charge is 0.191 e. The third-order valence-corrected chi connectivity index (χ3v) is 5.26. The van der Waals surface area contributed by atoms with Crippen LogP contribution in [-0.2, 0) is 9.47 Å². The second kappa shape index (κ2) is 11.1. The molecule has 0 amide bonds. The number of ether oxygens (including phenoxy) is 3. The average molecular weight is 378 g/mol. The molecule has 0 bridgehead atoms. The van der Waals surface area contributed by atoms with Crippen LogP contribution in [0.1, 0.15) is 44.6 Å². The first-order valence-corrected chi connectivity index (χ1v) is 9.91. The number of guanidine groups is 1. The van der Waals surface area contributed by atoms with Gasteiger partial charge in [-0.2, -0.15) is 0 Å². The molecule has 1 atom stereocenters. The summed E-state index contributed by atoms with van der Waals surface area (Å²) in [6, 6.07) is 8.30. The lowest BCUT2D eigenvalue weighted by Gasteiger charge is -2.34. The van der Waals surface area contributed by atoms with Crippen LogP contribution in [0.2, 0.25) is 0 Å². The zero-order valence-corrected chi connectivity index (χ0v) is 17.2. The molecule has 2 N–H and O–H groups in total. The van der Waals surface area contributed by atoms with Gasteiger partial charge in [0.2, 0.25) is 0 Å². The van der Waals surface area contributed by atoms with Gasteiger partial charge in [-0.1, -0.05) is 19.1 Å². The molecule has 1 aromatic rings. The van der Waals surface area contributed by atoms with Crippen molar-refractivity contribution in [1.82, 2.24) is 10.6 Å². The Morgan fingerprint density at radius 1 is 1.19 bits per heavy atom. The molecule has 0 aromatic heterocycles. The number of hydrogen-bond acceptors (Lipinski definition) is 4. The highest BCUT2D eigenvalue weighted by atomic mass is 16.5. The summed E-state index contributed by atoms with van der Waals surface area (Å²) in [7, 11) is 3.47. The summed E-state index contributed by atoms with van der Waals surface area (Å²) in [4.78, 5) is 4.77. The number of nitrogens with one attached hydrogen (secondary N) is 2. The predicted octanol–water partition coefficient (Wildman–Crippen LogP) is 2.94. The molecule has 2 rings (SSSR count). The summed E-state index contributed by atoms with van der Waals surface area (Å²) in [6.07, 6.45) is 2.81. The Morgan fingerprint density at radius 2 is 1.89 bits per heavy atom. The van der Waals surface area contributed by atoms with Crippen molar-refractivity contribution in [3.63, 3.8) is 0 Å². The van der Waals surface area contributed by atoms with E-state index < -0.39 is 0 Å². The van der Waals surface area contributed by atoms with Gasteiger partial charge in [-0.3, -0.25) is 4.99 Å². The van der Waals surface area contributed by atoms with Gasteiger partial charge >= 0.3 is 0 Å². The molecule has 1 aliphatic heterocycles. The fourth-order valence-corrected chi connectivity index (χ4v) is 3.24. The van der Waals surface area contributed by atoms with Gasteiger partial charge in [-0.05, 0) is 37.0 Å². The van der Waals surface area contributed by atoms with Crippen molar-refractivity contribution in [2.75, 3.05) is 47.1 Å². The minimum Gasteiger partial charge on any atom is -0.497 e. The topological polar surface area (TPSA) is 64.1 Å². The number of hydrogen-bond donors (Lipinski definition) is 2. The fourth-order valence-electron chi connectivity index (χ4n) is 3.24. The van der Waals surface area contributed by atoms with E-state index in [-0.39, 0.29) is 5.60 Å². The van der Waals surface area contributed by atoms with Crippen LogP contribution >= 0.6 is 0 Å². The van der Waals surface area contributed by atoms with Crippen molar-refractivity contribution in [2.24, 2.45) is 4.99 Å². The normalized spacial score (nSPS) is 18.0. The molecular formula is C21H35N3O3. The maximum atomic E-state index is 5.77. The van der Waals surface area contributed by atoms with Crippen LogP contribution in [0, 0.1) is 0 Å². The molecule has 1 unspecified atom stereocenters. The predicted molar refractivity (Wildman–Crippen MR) is 110 cm³/mol. The van der Waals surface area contributed by atoms with E-state index in [4.69, 9.17) is 19.2 Å². The van der Waals surface area contributed by atoms with Crippen LogP contribution in [0.15, 0.2) is 29.3 Å². The Kier molecular flexibility index (Phi) is 8.88. The Hall–Kier alpha value is -1.79. The first kappa shape index (κ1) is 21.5. The van der Waals surface area contributed by atoms with Crippen molar-refractivity contribution >= 4 is 5.96 Å². The molecule has 0 saturated carbocycles. The molecule has 0 spiro atoms. The van der Waals surface area contributed by atoms with E-state index in [1.54, 1.807) is 14.2 Å². The van der Waals surface area contributed by atoms with Crippen LogP contribution < -0.4 is 15.4 Å². The van der Waals surface area contributed by atoms with Gasteiger partial charge in [-0.25, -0.2) is 0 Å². The lowest BCUT2D eigenvalue weighted by molar-refractivity contribution is -0.0828. The summed E-state index contributed by atoms with van der Waals surface area (Å²) in [5, 5.41) is 6.78. The molecule has 6 heteroatoms. The van der Waals surface area contributed by atoms with Gasteiger partial charge < -0.3 is 24.8 Å². The number of nitrogens with zero attached hydrogens (tertiary/aromatic N) is 1. The van der Waals surface area contributed by atoms with Crippen molar-refractivity contribution in [3.05, 3.63) is 29.8 Å². The van der Waals surface area contributed by atoms with Crippen LogP contribution in [0.25, 0.3) is 0 Å². The fraction of sp³-hybridized carbons (Fsp3) is 0.667. The second-order valence-corrected chi connectivity index (χ2v) is 7.08. The number of methoxy groups -OCH3 is 2. The summed E-state index contributed by atoms with van der Waals surface area (Å²) in [5.74, 6) is 2.21. The average Bonchev–Trinajstić information content (AvgIpc) is 2.72. The van der Waals surface area contributed by atoms with Crippen molar-refractivity contribution in [1.29, 1.82) is 0 Å². The Labute approximate surface area is 163 Å². The van der Waals surface area contributed by atoms with Gasteiger partial charge in [-0.15, -0.1) is 0 Å². The van der Waals surface area contributed by atoms with E-state index in [2.05, 4.69) is 36.6 Å². The van der Waals surface area contributed by atoms with Crippen LogP contribution in [0.4, 0.5) is 0 Å². The van der Waals surface area contributed by atoms with E-state index in [0.29, 0.717) is 12.5 Å². The molecule has 1 heterocycles. The standard InChI is InChI=1S/C21H35N3O3/c1-5-22-20(24-16-21(26-4)11-14-27-15-12-21)23-13-10-17(2)18-6-8-19(25-3)9-7-18/h6-9,17H,5,10-16H2,1-4H3,(H2,22,23,24). The van der Waals surface area contributed by atoms with Gasteiger partial charge in [0.25, 0.3) is 0 Å². The molecule has 6 nitrogen and oxygen atoms in total. The summed E-state index contributed by atoms with van der Waals surface area (Å²) in [5.41, 5.74) is 1.12. The van der Waals surface area contributed by atoms with Crippen molar-refractivity contribution in [3.8, 4) is 5.75 Å². The molecule has 1 saturated heterocycles. The number of rotatable bonds is 9. The van der Waals surface area contributed by atoms with E-state index in [0.717, 1.165) is 57.3 Å². The second-order valence-electron chi connectivity index (χ2n) is 7.08. The molecule has 0 aliphatic carbocycles. The monoisotopic (exact) mass is 377 g/mol. The summed E-state index contributed by atoms with van der Waals surface area (Å²) in [6.45, 7) is 8.16. The van der Waals surface area contributed by atoms with Gasteiger partial charge in [0.05, 0.1) is 19.3 Å². The van der Waals surface area contributed by atoms with Crippen LogP contribution in [0.3, 0.4) is 0 Å². The zero-order chi connectivity index (χ0) is 19.5. The maximum absolute atomic E-state index is 5.77. The lowest BCUT2D eigenvalue weighted by Crippen LogP contribution is -2.44. The van der Waals surface area contributed by atoms with Crippen molar-refractivity contribution in [2.45, 2.75) is 44.6 Å². The largest absolute Gasteiger partial charge is 0.497 e. The van der Waals surface area contributed by atoms with Gasteiger partial charge in [0.15, 0.2) is 5.96 Å². The summed E-state index contributed by atoms with van der Waals surface area (Å²) < 4.78 is 16.5. The Morgan fingerprint density at radius 3 is 2.48 bits per heavy atom. The van der Waals surface area contributed by atoms with Crippen LogP contribution in [0.5, 0.6) is 5.75 Å². The van der Waals surface area contributed by atoms with E-state index in [1.807, 2.05) is 12.1 Å². The molecule has 27 heavy (non-hydrogen) atoms. The lowest BCUT2D eigenvalue weighted by atomic mass is 9.94. The molecule has 1 fully saturated rings. The van der Waals surface area contributed by atoms with Gasteiger partial charge in [0.1, 0.15) is 5.75 Å². The van der Waals surface area contributed by atoms with Crippen molar-refractivity contribution < 1.29 is 14.2 Å².